The van der Waals surface area contributed by atoms with Crippen LogP contribution in [0.4, 0.5) is 0 Å². The molecule has 1 aromatic carbocycles. The Morgan fingerprint density at radius 3 is 1.85 bits per heavy atom. The summed E-state index contributed by atoms with van der Waals surface area (Å²) in [6, 6.07) is 11.2. The Balaban J connectivity index is 0.00000144. The lowest BCUT2D eigenvalue weighted by atomic mass is 10.1. The topological polar surface area (TPSA) is 0 Å². The number of nitrogens with zero attached hydrogens (tertiary/aromatic N) is 1. The van der Waals surface area contributed by atoms with Crippen LogP contribution in [0.25, 0.3) is 0 Å². The van der Waals surface area contributed by atoms with E-state index in [-0.39, 0.29) is 24.0 Å². The zero-order valence-electron chi connectivity index (χ0n) is 8.79. The molecular formula is C11H18IN. The molecule has 13 heavy (non-hydrogen) atoms. The molecule has 0 fully saturated rings. The number of halogens is 1. The summed E-state index contributed by atoms with van der Waals surface area (Å²) in [4.78, 5) is 0. The molecule has 0 heterocycles. The Bertz CT molecular complexity index is 238. The van der Waals surface area contributed by atoms with Gasteiger partial charge in [-0.25, -0.2) is 0 Å². The maximum Gasteiger partial charge on any atom is 0.111 e. The van der Waals surface area contributed by atoms with Gasteiger partial charge in [0.05, 0.1) is 21.1 Å². The van der Waals surface area contributed by atoms with E-state index >= 15 is 0 Å². The second kappa shape index (κ2) is 4.96. The van der Waals surface area contributed by atoms with Crippen molar-refractivity contribution in [2.24, 2.45) is 0 Å². The number of benzene rings is 1. The Morgan fingerprint density at radius 1 is 1.00 bits per heavy atom. The van der Waals surface area contributed by atoms with E-state index in [0.29, 0.717) is 6.04 Å². The van der Waals surface area contributed by atoms with Gasteiger partial charge >= 0.3 is 0 Å². The first-order valence-corrected chi connectivity index (χ1v) is 4.38. The quantitative estimate of drug-likeness (QED) is 0.507. The van der Waals surface area contributed by atoms with Crippen LogP contribution < -0.4 is 24.0 Å². The Labute approximate surface area is 98.4 Å². The molecule has 0 N–H and O–H groups in total. The molecule has 1 atom stereocenters. The van der Waals surface area contributed by atoms with Crippen LogP contribution in [0.5, 0.6) is 0 Å². The third-order valence-corrected chi connectivity index (χ3v) is 2.44. The fourth-order valence-electron chi connectivity index (χ4n) is 1.18. The molecule has 74 valence electrons. The van der Waals surface area contributed by atoms with Gasteiger partial charge in [-0.15, -0.1) is 0 Å². The molecule has 0 amide bonds. The average Bonchev–Trinajstić information content (AvgIpc) is 2.03. The first kappa shape index (κ1) is 12.9. The fourth-order valence-corrected chi connectivity index (χ4v) is 1.18. The van der Waals surface area contributed by atoms with Gasteiger partial charge in [-0.05, 0) is 6.92 Å². The Hall–Kier alpha value is -0.0900. The van der Waals surface area contributed by atoms with E-state index in [0.717, 1.165) is 4.48 Å². The number of hydrogen-bond acceptors (Lipinski definition) is 0. The maximum absolute atomic E-state index is 2.26. The van der Waals surface area contributed by atoms with Gasteiger partial charge in [0.25, 0.3) is 0 Å². The Morgan fingerprint density at radius 2 is 1.46 bits per heavy atom. The molecule has 0 saturated heterocycles. The molecule has 0 aliphatic rings. The van der Waals surface area contributed by atoms with Crippen molar-refractivity contribution in [2.45, 2.75) is 13.0 Å². The number of rotatable bonds is 2. The molecule has 0 spiro atoms. The van der Waals surface area contributed by atoms with Crippen molar-refractivity contribution in [1.29, 1.82) is 0 Å². The molecule has 0 unspecified atom stereocenters. The van der Waals surface area contributed by atoms with Crippen LogP contribution in [-0.4, -0.2) is 25.6 Å². The predicted octanol–water partition coefficient (Wildman–Crippen LogP) is -0.542. The van der Waals surface area contributed by atoms with Crippen LogP contribution in [-0.2, 0) is 0 Å². The summed E-state index contributed by atoms with van der Waals surface area (Å²) < 4.78 is 0.976. The third-order valence-electron chi connectivity index (χ3n) is 2.44. The van der Waals surface area contributed by atoms with Crippen molar-refractivity contribution < 1.29 is 28.5 Å². The van der Waals surface area contributed by atoms with Gasteiger partial charge in [-0.3, -0.25) is 0 Å². The molecule has 0 aromatic heterocycles. The molecule has 0 saturated carbocycles. The van der Waals surface area contributed by atoms with Gasteiger partial charge in [0.1, 0.15) is 6.04 Å². The summed E-state index contributed by atoms with van der Waals surface area (Å²) in [5.74, 6) is 0. The van der Waals surface area contributed by atoms with E-state index in [2.05, 4.69) is 58.4 Å². The van der Waals surface area contributed by atoms with E-state index in [4.69, 9.17) is 0 Å². The second-order valence-electron chi connectivity index (χ2n) is 4.20. The summed E-state index contributed by atoms with van der Waals surface area (Å²) in [5, 5.41) is 0. The van der Waals surface area contributed by atoms with Crippen LogP contribution in [0.1, 0.15) is 18.5 Å². The summed E-state index contributed by atoms with van der Waals surface area (Å²) in [7, 11) is 6.66. The van der Waals surface area contributed by atoms with Crippen LogP contribution in [0.2, 0.25) is 0 Å². The van der Waals surface area contributed by atoms with Crippen molar-refractivity contribution in [3.63, 3.8) is 0 Å². The first-order chi connectivity index (χ1) is 5.52. The molecule has 0 bridgehead atoms. The van der Waals surface area contributed by atoms with Crippen molar-refractivity contribution >= 4 is 0 Å². The van der Waals surface area contributed by atoms with Crippen molar-refractivity contribution in [2.75, 3.05) is 21.1 Å². The normalized spacial score (nSPS) is 13.2. The highest BCUT2D eigenvalue weighted by molar-refractivity contribution is 5.16. The summed E-state index contributed by atoms with van der Waals surface area (Å²) in [6.07, 6.45) is 0. The standard InChI is InChI=1S/C11H18N.HI/c1-10(12(2,3)4)11-8-6-5-7-9-11;/h5-10H,1-4H3;1H/q+1;/p-1/t10-;/m0./s1. The predicted molar refractivity (Wildman–Crippen MR) is 52.9 cm³/mol. The maximum atomic E-state index is 2.26. The van der Waals surface area contributed by atoms with Gasteiger partial charge in [-0.1, -0.05) is 30.3 Å². The minimum Gasteiger partial charge on any atom is -1.00 e. The lowest BCUT2D eigenvalue weighted by molar-refractivity contribution is -0.900. The molecule has 0 aliphatic heterocycles. The van der Waals surface area contributed by atoms with Crippen LogP contribution in [0.3, 0.4) is 0 Å². The lowest BCUT2D eigenvalue weighted by Crippen LogP contribution is -3.00. The van der Waals surface area contributed by atoms with E-state index in [1.807, 2.05) is 0 Å². The highest BCUT2D eigenvalue weighted by Gasteiger charge is 2.19. The van der Waals surface area contributed by atoms with Crippen molar-refractivity contribution in [3.05, 3.63) is 35.9 Å². The average molecular weight is 291 g/mol. The summed E-state index contributed by atoms with van der Waals surface area (Å²) >= 11 is 0. The lowest BCUT2D eigenvalue weighted by Gasteiger charge is -2.31. The SMILES string of the molecule is C[C@@H](c1ccccc1)[N+](C)(C)C.[I-]. The van der Waals surface area contributed by atoms with Gasteiger partial charge in [-0.2, -0.15) is 0 Å². The summed E-state index contributed by atoms with van der Waals surface area (Å²) in [5.41, 5.74) is 1.41. The fraction of sp³-hybridized carbons (Fsp3) is 0.455. The molecule has 1 aromatic rings. The van der Waals surface area contributed by atoms with Gasteiger partial charge in [0.15, 0.2) is 0 Å². The van der Waals surface area contributed by atoms with Crippen molar-refractivity contribution in [3.8, 4) is 0 Å². The second-order valence-corrected chi connectivity index (χ2v) is 4.20. The molecular weight excluding hydrogens is 273 g/mol. The first-order valence-electron chi connectivity index (χ1n) is 4.38. The Kier molecular flexibility index (Phi) is 4.92. The summed E-state index contributed by atoms with van der Waals surface area (Å²) in [6.45, 7) is 2.26. The van der Waals surface area contributed by atoms with E-state index < -0.39 is 0 Å². The molecule has 0 radical (unpaired) electrons. The minimum absolute atomic E-state index is 0. The molecule has 1 nitrogen and oxygen atoms in total. The largest absolute Gasteiger partial charge is 1.00 e. The zero-order chi connectivity index (χ0) is 9.19. The van der Waals surface area contributed by atoms with Gasteiger partial charge in [0.2, 0.25) is 0 Å². The van der Waals surface area contributed by atoms with Crippen LogP contribution in [0.15, 0.2) is 30.3 Å². The van der Waals surface area contributed by atoms with E-state index in [1.165, 1.54) is 5.56 Å². The molecule has 1 rings (SSSR count). The van der Waals surface area contributed by atoms with Gasteiger partial charge < -0.3 is 28.5 Å². The van der Waals surface area contributed by atoms with Crippen molar-refractivity contribution in [1.82, 2.24) is 0 Å². The molecule has 0 aliphatic carbocycles. The smallest absolute Gasteiger partial charge is 0.111 e. The van der Waals surface area contributed by atoms with E-state index in [1.54, 1.807) is 0 Å². The van der Waals surface area contributed by atoms with Crippen LogP contribution >= 0.6 is 0 Å². The number of hydrogen-bond donors (Lipinski definition) is 0. The van der Waals surface area contributed by atoms with E-state index in [9.17, 15) is 0 Å². The minimum atomic E-state index is 0. The monoisotopic (exact) mass is 291 g/mol. The molecule has 2 heteroatoms. The third kappa shape index (κ3) is 3.65. The number of quaternary nitrogens is 1. The zero-order valence-corrected chi connectivity index (χ0v) is 10.9. The van der Waals surface area contributed by atoms with Crippen LogP contribution in [0, 0.1) is 0 Å². The van der Waals surface area contributed by atoms with Gasteiger partial charge in [0, 0.05) is 5.56 Å². The highest BCUT2D eigenvalue weighted by atomic mass is 127. The highest BCUT2D eigenvalue weighted by Crippen LogP contribution is 2.21.